The quantitative estimate of drug-likeness (QED) is 0.849. The maximum Gasteiger partial charge on any atom is 0.262 e. The Kier molecular flexibility index (Phi) is 6.24. The van der Waals surface area contributed by atoms with Crippen LogP contribution in [0.25, 0.3) is 0 Å². The summed E-state index contributed by atoms with van der Waals surface area (Å²) in [7, 11) is 2.12. The second-order valence-corrected chi connectivity index (χ2v) is 7.47. The van der Waals surface area contributed by atoms with Gasteiger partial charge in [-0.05, 0) is 50.7 Å². The number of nitrogens with one attached hydrogen (secondary N) is 1. The standard InChI is InChI=1S/C21H26ClN3O2/c1-15-4-7-20(16(2)12-15)27-14-21(26)23-17-5-6-19(18(22)13-17)25-10-8-24(3)9-11-25/h4-7,12-13H,8-11,14H2,1-3H3,(H,23,26). The highest BCUT2D eigenvalue weighted by Crippen LogP contribution is 2.29. The molecule has 0 bridgehead atoms. The molecule has 0 aromatic heterocycles. The molecule has 1 saturated heterocycles. The van der Waals surface area contributed by atoms with Crippen molar-refractivity contribution in [1.29, 1.82) is 0 Å². The Morgan fingerprint density at radius 1 is 1.11 bits per heavy atom. The van der Waals surface area contributed by atoms with E-state index in [1.807, 2.05) is 44.2 Å². The number of halogens is 1. The Labute approximate surface area is 165 Å². The average Bonchev–Trinajstić information content (AvgIpc) is 2.62. The summed E-state index contributed by atoms with van der Waals surface area (Å²) in [5.41, 5.74) is 3.86. The largest absolute Gasteiger partial charge is 0.483 e. The number of likely N-dealkylation sites (N-methyl/N-ethyl adjacent to an activating group) is 1. The predicted octanol–water partition coefficient (Wildman–Crippen LogP) is 3.73. The van der Waals surface area contributed by atoms with Gasteiger partial charge in [-0.1, -0.05) is 29.3 Å². The van der Waals surface area contributed by atoms with Crippen LogP contribution in [0.3, 0.4) is 0 Å². The van der Waals surface area contributed by atoms with Gasteiger partial charge in [-0.3, -0.25) is 4.79 Å². The van der Waals surface area contributed by atoms with Gasteiger partial charge < -0.3 is 19.9 Å². The Balaban J connectivity index is 1.57. The van der Waals surface area contributed by atoms with Crippen LogP contribution >= 0.6 is 11.6 Å². The lowest BCUT2D eigenvalue weighted by Gasteiger charge is -2.34. The zero-order valence-corrected chi connectivity index (χ0v) is 16.8. The van der Waals surface area contributed by atoms with Crippen LogP contribution < -0.4 is 15.0 Å². The lowest BCUT2D eigenvalue weighted by atomic mass is 10.1. The van der Waals surface area contributed by atoms with Crippen LogP contribution in [-0.2, 0) is 4.79 Å². The van der Waals surface area contributed by atoms with E-state index in [0.717, 1.165) is 43.2 Å². The summed E-state index contributed by atoms with van der Waals surface area (Å²) < 4.78 is 5.63. The van der Waals surface area contributed by atoms with E-state index in [1.54, 1.807) is 6.07 Å². The number of ether oxygens (including phenoxy) is 1. The fourth-order valence-electron chi connectivity index (χ4n) is 3.19. The van der Waals surface area contributed by atoms with E-state index < -0.39 is 0 Å². The molecule has 27 heavy (non-hydrogen) atoms. The first kappa shape index (κ1) is 19.5. The smallest absolute Gasteiger partial charge is 0.262 e. The van der Waals surface area contributed by atoms with Crippen LogP contribution in [0.4, 0.5) is 11.4 Å². The van der Waals surface area contributed by atoms with Crippen molar-refractivity contribution < 1.29 is 9.53 Å². The minimum absolute atomic E-state index is 0.0399. The van der Waals surface area contributed by atoms with Crippen molar-refractivity contribution in [2.45, 2.75) is 13.8 Å². The number of anilines is 2. The van der Waals surface area contributed by atoms with Gasteiger partial charge in [0.05, 0.1) is 10.7 Å². The van der Waals surface area contributed by atoms with Crippen molar-refractivity contribution in [1.82, 2.24) is 4.90 Å². The highest BCUT2D eigenvalue weighted by molar-refractivity contribution is 6.33. The Hall–Kier alpha value is -2.24. The predicted molar refractivity (Wildman–Crippen MR) is 111 cm³/mol. The minimum Gasteiger partial charge on any atom is -0.483 e. The summed E-state index contributed by atoms with van der Waals surface area (Å²) in [6, 6.07) is 11.5. The van der Waals surface area contributed by atoms with E-state index in [0.29, 0.717) is 10.7 Å². The molecule has 1 aliphatic heterocycles. The summed E-state index contributed by atoms with van der Waals surface area (Å²) in [5.74, 6) is 0.512. The molecule has 3 rings (SSSR count). The molecular formula is C21H26ClN3O2. The van der Waals surface area contributed by atoms with Crippen LogP contribution in [0.2, 0.25) is 5.02 Å². The van der Waals surface area contributed by atoms with E-state index in [-0.39, 0.29) is 12.5 Å². The third-order valence-corrected chi connectivity index (χ3v) is 5.07. The van der Waals surface area contributed by atoms with Gasteiger partial charge in [-0.25, -0.2) is 0 Å². The fourth-order valence-corrected chi connectivity index (χ4v) is 3.49. The number of carbonyl (C=O) groups is 1. The van der Waals surface area contributed by atoms with Crippen LogP contribution in [0, 0.1) is 13.8 Å². The topological polar surface area (TPSA) is 44.8 Å². The van der Waals surface area contributed by atoms with E-state index in [2.05, 4.69) is 22.2 Å². The van der Waals surface area contributed by atoms with Crippen molar-refractivity contribution in [3.8, 4) is 5.75 Å². The second-order valence-electron chi connectivity index (χ2n) is 7.06. The van der Waals surface area contributed by atoms with Crippen LogP contribution in [0.1, 0.15) is 11.1 Å². The first-order valence-corrected chi connectivity index (χ1v) is 9.53. The number of piperazine rings is 1. The van der Waals surface area contributed by atoms with Crippen molar-refractivity contribution in [3.63, 3.8) is 0 Å². The molecule has 0 spiro atoms. The van der Waals surface area contributed by atoms with E-state index in [1.165, 1.54) is 5.56 Å². The number of benzene rings is 2. The van der Waals surface area contributed by atoms with Crippen molar-refractivity contribution in [3.05, 3.63) is 52.5 Å². The molecule has 6 heteroatoms. The molecule has 0 atom stereocenters. The molecule has 144 valence electrons. The van der Waals surface area contributed by atoms with Gasteiger partial charge >= 0.3 is 0 Å². The molecule has 2 aromatic rings. The number of nitrogens with zero attached hydrogens (tertiary/aromatic N) is 2. The SMILES string of the molecule is Cc1ccc(OCC(=O)Nc2ccc(N3CCN(C)CC3)c(Cl)c2)c(C)c1. The van der Waals surface area contributed by atoms with Gasteiger partial charge in [-0.2, -0.15) is 0 Å². The molecular weight excluding hydrogens is 362 g/mol. The number of hydrogen-bond acceptors (Lipinski definition) is 4. The number of carbonyl (C=O) groups excluding carboxylic acids is 1. The molecule has 1 N–H and O–H groups in total. The van der Waals surface area contributed by atoms with E-state index in [4.69, 9.17) is 16.3 Å². The van der Waals surface area contributed by atoms with Gasteiger partial charge in [-0.15, -0.1) is 0 Å². The molecule has 1 amide bonds. The number of aryl methyl sites for hydroxylation is 2. The van der Waals surface area contributed by atoms with Crippen molar-refractivity contribution >= 4 is 28.9 Å². The van der Waals surface area contributed by atoms with E-state index in [9.17, 15) is 4.79 Å². The van der Waals surface area contributed by atoms with Gasteiger partial charge in [0, 0.05) is 31.9 Å². The van der Waals surface area contributed by atoms with Crippen molar-refractivity contribution in [2.24, 2.45) is 0 Å². The number of hydrogen-bond donors (Lipinski definition) is 1. The second kappa shape index (κ2) is 8.63. The van der Waals surface area contributed by atoms with Gasteiger partial charge in [0.1, 0.15) is 5.75 Å². The monoisotopic (exact) mass is 387 g/mol. The first-order valence-electron chi connectivity index (χ1n) is 9.15. The van der Waals surface area contributed by atoms with Crippen molar-refractivity contribution in [2.75, 3.05) is 50.1 Å². The molecule has 2 aromatic carbocycles. The van der Waals surface area contributed by atoms with Crippen LogP contribution in [0.5, 0.6) is 5.75 Å². The van der Waals surface area contributed by atoms with Crippen LogP contribution in [0.15, 0.2) is 36.4 Å². The summed E-state index contributed by atoms with van der Waals surface area (Å²) >= 11 is 6.45. The fraction of sp³-hybridized carbons (Fsp3) is 0.381. The number of amides is 1. The molecule has 1 fully saturated rings. The maximum absolute atomic E-state index is 12.2. The Morgan fingerprint density at radius 3 is 2.52 bits per heavy atom. The third kappa shape index (κ3) is 5.15. The molecule has 0 saturated carbocycles. The van der Waals surface area contributed by atoms with Gasteiger partial charge in [0.25, 0.3) is 5.91 Å². The Morgan fingerprint density at radius 2 is 1.85 bits per heavy atom. The summed E-state index contributed by atoms with van der Waals surface area (Å²) in [6.07, 6.45) is 0. The van der Waals surface area contributed by atoms with Gasteiger partial charge in [0.15, 0.2) is 6.61 Å². The normalized spacial score (nSPS) is 14.9. The minimum atomic E-state index is -0.210. The zero-order valence-electron chi connectivity index (χ0n) is 16.1. The molecule has 0 unspecified atom stereocenters. The third-order valence-electron chi connectivity index (χ3n) is 4.76. The van der Waals surface area contributed by atoms with E-state index >= 15 is 0 Å². The maximum atomic E-state index is 12.2. The highest BCUT2D eigenvalue weighted by atomic mass is 35.5. The summed E-state index contributed by atoms with van der Waals surface area (Å²) in [4.78, 5) is 16.8. The highest BCUT2D eigenvalue weighted by Gasteiger charge is 2.17. The molecule has 0 aliphatic carbocycles. The Bertz CT molecular complexity index is 817. The molecule has 5 nitrogen and oxygen atoms in total. The zero-order chi connectivity index (χ0) is 19.4. The molecule has 0 radical (unpaired) electrons. The average molecular weight is 388 g/mol. The summed E-state index contributed by atoms with van der Waals surface area (Å²) in [6.45, 7) is 7.89. The molecule has 1 aliphatic rings. The lowest BCUT2D eigenvalue weighted by Crippen LogP contribution is -2.44. The lowest BCUT2D eigenvalue weighted by molar-refractivity contribution is -0.118. The molecule has 1 heterocycles. The summed E-state index contributed by atoms with van der Waals surface area (Å²) in [5, 5.41) is 3.49. The van der Waals surface area contributed by atoms with Gasteiger partial charge in [0.2, 0.25) is 0 Å². The first-order chi connectivity index (χ1) is 12.9. The number of rotatable bonds is 5. The van der Waals surface area contributed by atoms with Crippen LogP contribution in [-0.4, -0.2) is 50.6 Å².